The van der Waals surface area contributed by atoms with Gasteiger partial charge in [-0.15, -0.1) is 0 Å². The molecule has 2 heteroatoms. The maximum absolute atomic E-state index is 7.42. The van der Waals surface area contributed by atoms with Crippen LogP contribution in [0.2, 0.25) is 0 Å². The van der Waals surface area contributed by atoms with Gasteiger partial charge in [0, 0.05) is 5.69 Å². The van der Waals surface area contributed by atoms with Crippen molar-refractivity contribution in [3.05, 3.63) is 23.4 Å². The molecule has 1 aromatic heterocycles. The van der Waals surface area contributed by atoms with Crippen LogP contribution in [0.1, 0.15) is 12.6 Å². The highest BCUT2D eigenvalue weighted by atomic mass is 14.8. The van der Waals surface area contributed by atoms with E-state index in [9.17, 15) is 0 Å². The summed E-state index contributed by atoms with van der Waals surface area (Å²) >= 11 is 0. The van der Waals surface area contributed by atoms with E-state index in [1.807, 2.05) is 6.92 Å². The second kappa shape index (κ2) is 2.05. The molecule has 2 N–H and O–H groups in total. The summed E-state index contributed by atoms with van der Waals surface area (Å²) in [6.07, 6.45) is 0. The Labute approximate surface area is 56.1 Å². The van der Waals surface area contributed by atoms with Crippen LogP contribution in [0.5, 0.6) is 0 Å². The summed E-state index contributed by atoms with van der Waals surface area (Å²) in [5, 5.41) is 0. The Morgan fingerprint density at radius 1 is 1.67 bits per heavy atom. The van der Waals surface area contributed by atoms with Gasteiger partial charge in [-0.05, 0) is 31.5 Å². The zero-order valence-corrected chi connectivity index (χ0v) is 5.60. The van der Waals surface area contributed by atoms with E-state index < -0.39 is 0 Å². The lowest BCUT2D eigenvalue weighted by molar-refractivity contribution is 1.19. The SMILES string of the molecule is [3H]c1c(C)cc(N)nc1C. The highest BCUT2D eigenvalue weighted by Gasteiger charge is 1.89. The van der Waals surface area contributed by atoms with Crippen molar-refractivity contribution in [1.82, 2.24) is 4.98 Å². The zero-order valence-electron chi connectivity index (χ0n) is 6.60. The number of hydrogen-bond donors (Lipinski definition) is 1. The van der Waals surface area contributed by atoms with Gasteiger partial charge in [-0.3, -0.25) is 0 Å². The fourth-order valence-electron chi connectivity index (χ4n) is 0.797. The minimum atomic E-state index is 0.481. The summed E-state index contributed by atoms with van der Waals surface area (Å²) < 4.78 is 7.42. The Balaban J connectivity index is 3.31. The minimum absolute atomic E-state index is 0.481. The van der Waals surface area contributed by atoms with Crippen molar-refractivity contribution in [2.45, 2.75) is 13.8 Å². The van der Waals surface area contributed by atoms with Gasteiger partial charge >= 0.3 is 0 Å². The Kier molecular flexibility index (Phi) is 1.09. The average Bonchev–Trinajstić information content (AvgIpc) is 1.82. The highest BCUT2D eigenvalue weighted by molar-refractivity contribution is 5.33. The van der Waals surface area contributed by atoms with Crippen molar-refractivity contribution in [3.8, 4) is 0 Å². The van der Waals surface area contributed by atoms with Crippen LogP contribution >= 0.6 is 0 Å². The van der Waals surface area contributed by atoms with Crippen LogP contribution < -0.4 is 5.73 Å². The summed E-state index contributed by atoms with van der Waals surface area (Å²) in [4.78, 5) is 3.92. The average molecular weight is 124 g/mol. The van der Waals surface area contributed by atoms with Crippen molar-refractivity contribution in [2.75, 3.05) is 5.73 Å². The van der Waals surface area contributed by atoms with Crippen molar-refractivity contribution in [3.63, 3.8) is 0 Å². The van der Waals surface area contributed by atoms with Gasteiger partial charge < -0.3 is 5.73 Å². The molecule has 0 unspecified atom stereocenters. The fourth-order valence-corrected chi connectivity index (χ4v) is 0.797. The quantitative estimate of drug-likeness (QED) is 0.565. The number of nitrogen functional groups attached to an aromatic ring is 1. The lowest BCUT2D eigenvalue weighted by Crippen LogP contribution is -1.92. The number of aryl methyl sites for hydroxylation is 2. The van der Waals surface area contributed by atoms with E-state index in [0.717, 1.165) is 5.56 Å². The molecular weight excluding hydrogens is 112 g/mol. The van der Waals surface area contributed by atoms with E-state index in [0.29, 0.717) is 17.6 Å². The number of anilines is 1. The molecule has 1 aromatic rings. The second-order valence-corrected chi connectivity index (χ2v) is 2.07. The van der Waals surface area contributed by atoms with Crippen molar-refractivity contribution >= 4 is 5.82 Å². The smallest absolute Gasteiger partial charge is 0.123 e. The molecule has 0 aliphatic carbocycles. The Bertz CT molecular complexity index is 235. The van der Waals surface area contributed by atoms with Gasteiger partial charge in [0.05, 0.1) is 1.37 Å². The molecule has 0 spiro atoms. The number of nitrogens with zero attached hydrogens (tertiary/aromatic N) is 1. The van der Waals surface area contributed by atoms with Crippen LogP contribution in [0.3, 0.4) is 0 Å². The molecule has 9 heavy (non-hydrogen) atoms. The largest absolute Gasteiger partial charge is 0.384 e. The number of rotatable bonds is 0. The van der Waals surface area contributed by atoms with Crippen molar-refractivity contribution in [2.24, 2.45) is 0 Å². The Morgan fingerprint density at radius 3 is 2.89 bits per heavy atom. The molecule has 0 atom stereocenters. The normalized spacial score (nSPS) is 11.1. The number of hydrogen-bond acceptors (Lipinski definition) is 2. The van der Waals surface area contributed by atoms with Gasteiger partial charge in [0.15, 0.2) is 0 Å². The van der Waals surface area contributed by atoms with Gasteiger partial charge in [0.2, 0.25) is 0 Å². The number of aromatic nitrogens is 1. The topological polar surface area (TPSA) is 38.9 Å². The molecule has 48 valence electrons. The first-order valence-corrected chi connectivity index (χ1v) is 2.81. The van der Waals surface area contributed by atoms with Gasteiger partial charge in [0.25, 0.3) is 0 Å². The molecule has 0 saturated heterocycles. The molecule has 0 aliphatic rings. The minimum Gasteiger partial charge on any atom is -0.384 e. The highest BCUT2D eigenvalue weighted by Crippen LogP contribution is 2.03. The van der Waals surface area contributed by atoms with Crippen LogP contribution in [0.4, 0.5) is 5.82 Å². The lowest BCUT2D eigenvalue weighted by atomic mass is 10.2. The van der Waals surface area contributed by atoms with Crippen molar-refractivity contribution in [1.29, 1.82) is 0 Å². The third-order valence-electron chi connectivity index (χ3n) is 1.04. The maximum atomic E-state index is 7.42. The van der Waals surface area contributed by atoms with Crippen LogP contribution in [0, 0.1) is 13.8 Å². The van der Waals surface area contributed by atoms with Gasteiger partial charge in [-0.25, -0.2) is 4.98 Å². The zero-order chi connectivity index (χ0) is 7.72. The molecule has 1 rings (SSSR count). The first kappa shape index (κ1) is 4.79. The first-order valence-electron chi connectivity index (χ1n) is 3.31. The van der Waals surface area contributed by atoms with E-state index in [-0.39, 0.29) is 0 Å². The standard InChI is InChI=1S/C7H10N2/c1-5-3-6(2)9-7(8)4-5/h3-4H,1-2H3,(H2,8,9)/i3T. The third-order valence-corrected chi connectivity index (χ3v) is 1.04. The fraction of sp³-hybridized carbons (Fsp3) is 0.286. The van der Waals surface area contributed by atoms with E-state index in [1.165, 1.54) is 0 Å². The first-order chi connectivity index (χ1) is 4.61. The molecule has 0 amide bonds. The summed E-state index contributed by atoms with van der Waals surface area (Å²) in [7, 11) is 0. The molecule has 1 heterocycles. The summed E-state index contributed by atoms with van der Waals surface area (Å²) in [5.74, 6) is 0.492. The molecule has 0 radical (unpaired) electrons. The van der Waals surface area contributed by atoms with E-state index >= 15 is 0 Å². The lowest BCUT2D eigenvalue weighted by Gasteiger charge is -1.96. The predicted molar refractivity (Wildman–Crippen MR) is 38.1 cm³/mol. The summed E-state index contributed by atoms with van der Waals surface area (Å²) in [6.45, 7) is 3.64. The molecule has 0 aromatic carbocycles. The molecule has 0 fully saturated rings. The Morgan fingerprint density at radius 2 is 2.33 bits per heavy atom. The van der Waals surface area contributed by atoms with E-state index in [4.69, 9.17) is 7.10 Å². The number of pyridine rings is 1. The van der Waals surface area contributed by atoms with E-state index in [2.05, 4.69) is 4.98 Å². The maximum Gasteiger partial charge on any atom is 0.123 e. The number of nitrogens with two attached hydrogens (primary N) is 1. The molecule has 0 saturated carbocycles. The Hall–Kier alpha value is -1.05. The molecule has 0 aliphatic heterocycles. The van der Waals surface area contributed by atoms with Crippen LogP contribution in [-0.2, 0) is 0 Å². The van der Waals surface area contributed by atoms with Gasteiger partial charge in [-0.2, -0.15) is 0 Å². The van der Waals surface area contributed by atoms with Crippen molar-refractivity contribution < 1.29 is 1.37 Å². The second-order valence-electron chi connectivity index (χ2n) is 2.07. The third kappa shape index (κ3) is 1.42. The van der Waals surface area contributed by atoms with Crippen LogP contribution in [0.25, 0.3) is 0 Å². The monoisotopic (exact) mass is 124 g/mol. The van der Waals surface area contributed by atoms with E-state index in [1.54, 1.807) is 13.0 Å². The van der Waals surface area contributed by atoms with Gasteiger partial charge in [-0.1, -0.05) is 0 Å². The van der Waals surface area contributed by atoms with Gasteiger partial charge in [0.1, 0.15) is 5.82 Å². The summed E-state index contributed by atoms with van der Waals surface area (Å²) in [6, 6.07) is 2.18. The summed E-state index contributed by atoms with van der Waals surface area (Å²) in [5.41, 5.74) is 7.01. The molecular formula is C7H10N2. The predicted octanol–water partition coefficient (Wildman–Crippen LogP) is 1.28. The van der Waals surface area contributed by atoms with Crippen LogP contribution in [-0.4, -0.2) is 4.98 Å². The molecule has 2 nitrogen and oxygen atoms in total. The molecule has 0 bridgehead atoms. The van der Waals surface area contributed by atoms with Crippen LogP contribution in [0.15, 0.2) is 12.1 Å².